The predicted octanol–water partition coefficient (Wildman–Crippen LogP) is 1.08. The summed E-state index contributed by atoms with van der Waals surface area (Å²) < 4.78 is 24.4. The molecule has 0 aliphatic heterocycles. The SMILES string of the molecule is CN(CC(F)F)c1nc[nH]c(=O)c1I. The van der Waals surface area contributed by atoms with Gasteiger partial charge in [-0.1, -0.05) is 0 Å². The Morgan fingerprint density at radius 3 is 2.93 bits per heavy atom. The summed E-state index contributed by atoms with van der Waals surface area (Å²) in [6.45, 7) is -0.438. The molecule has 4 nitrogen and oxygen atoms in total. The number of nitrogens with one attached hydrogen (secondary N) is 1. The maximum atomic E-state index is 12.0. The van der Waals surface area contributed by atoms with Gasteiger partial charge in [0, 0.05) is 7.05 Å². The second-order valence-corrected chi connectivity index (χ2v) is 3.72. The first kappa shape index (κ1) is 11.3. The summed E-state index contributed by atoms with van der Waals surface area (Å²) in [6.07, 6.45) is -1.25. The highest BCUT2D eigenvalue weighted by Crippen LogP contribution is 2.14. The summed E-state index contributed by atoms with van der Waals surface area (Å²) in [4.78, 5) is 18.5. The highest BCUT2D eigenvalue weighted by molar-refractivity contribution is 14.1. The fourth-order valence-corrected chi connectivity index (χ4v) is 1.64. The van der Waals surface area contributed by atoms with Crippen molar-refractivity contribution in [2.75, 3.05) is 18.5 Å². The van der Waals surface area contributed by atoms with Gasteiger partial charge in [0.25, 0.3) is 12.0 Å². The number of H-pyrrole nitrogens is 1. The molecule has 1 heterocycles. The van der Waals surface area contributed by atoms with Gasteiger partial charge in [0.05, 0.1) is 12.9 Å². The van der Waals surface area contributed by atoms with Crippen LogP contribution in [0.1, 0.15) is 0 Å². The van der Waals surface area contributed by atoms with Crippen molar-refractivity contribution in [3.63, 3.8) is 0 Å². The molecule has 0 fully saturated rings. The van der Waals surface area contributed by atoms with E-state index < -0.39 is 13.0 Å². The molecule has 1 rings (SSSR count). The summed E-state index contributed by atoms with van der Waals surface area (Å²) in [7, 11) is 1.47. The van der Waals surface area contributed by atoms with E-state index in [9.17, 15) is 13.6 Å². The van der Waals surface area contributed by atoms with E-state index in [0.29, 0.717) is 3.57 Å². The highest BCUT2D eigenvalue weighted by Gasteiger charge is 2.13. The fraction of sp³-hybridized carbons (Fsp3) is 0.429. The largest absolute Gasteiger partial charge is 0.353 e. The van der Waals surface area contributed by atoms with Gasteiger partial charge in [0.2, 0.25) is 0 Å². The van der Waals surface area contributed by atoms with E-state index in [4.69, 9.17) is 0 Å². The first-order valence-electron chi connectivity index (χ1n) is 3.75. The van der Waals surface area contributed by atoms with Gasteiger partial charge in [0.1, 0.15) is 9.39 Å². The van der Waals surface area contributed by atoms with Gasteiger partial charge in [-0.15, -0.1) is 0 Å². The molecule has 0 aromatic carbocycles. The van der Waals surface area contributed by atoms with Gasteiger partial charge in [-0.25, -0.2) is 13.8 Å². The molecule has 0 bridgehead atoms. The van der Waals surface area contributed by atoms with Gasteiger partial charge in [-0.3, -0.25) is 4.79 Å². The Kier molecular flexibility index (Phi) is 3.78. The van der Waals surface area contributed by atoms with Gasteiger partial charge in [-0.2, -0.15) is 0 Å². The number of nitrogens with zero attached hydrogens (tertiary/aromatic N) is 2. The first-order chi connectivity index (χ1) is 6.52. The van der Waals surface area contributed by atoms with Crippen molar-refractivity contribution in [3.05, 3.63) is 20.3 Å². The van der Waals surface area contributed by atoms with E-state index in [1.54, 1.807) is 22.6 Å². The molecule has 0 aliphatic carbocycles. The molecule has 1 aromatic rings. The van der Waals surface area contributed by atoms with Crippen LogP contribution in [0.5, 0.6) is 0 Å². The monoisotopic (exact) mass is 315 g/mol. The molecule has 0 saturated heterocycles. The molecule has 1 N–H and O–H groups in total. The molecular weight excluding hydrogens is 307 g/mol. The minimum atomic E-state index is -2.45. The molecule has 0 saturated carbocycles. The molecule has 0 unspecified atom stereocenters. The summed E-state index contributed by atoms with van der Waals surface area (Å²) in [5.74, 6) is 0.273. The molecule has 0 radical (unpaired) electrons. The predicted molar refractivity (Wildman–Crippen MR) is 56.8 cm³/mol. The van der Waals surface area contributed by atoms with Crippen LogP contribution in [0.2, 0.25) is 0 Å². The van der Waals surface area contributed by atoms with E-state index in [-0.39, 0.29) is 11.4 Å². The Balaban J connectivity index is 2.95. The van der Waals surface area contributed by atoms with Gasteiger partial charge >= 0.3 is 0 Å². The average molecular weight is 315 g/mol. The Hall–Kier alpha value is -0.730. The normalized spacial score (nSPS) is 10.6. The number of hydrogen-bond donors (Lipinski definition) is 1. The van der Waals surface area contributed by atoms with Gasteiger partial charge < -0.3 is 9.88 Å². The number of aromatic nitrogens is 2. The van der Waals surface area contributed by atoms with Crippen molar-refractivity contribution in [2.24, 2.45) is 0 Å². The van der Waals surface area contributed by atoms with Crippen molar-refractivity contribution in [2.45, 2.75) is 6.43 Å². The summed E-state index contributed by atoms with van der Waals surface area (Å²) in [6, 6.07) is 0. The zero-order valence-corrected chi connectivity index (χ0v) is 9.46. The first-order valence-corrected chi connectivity index (χ1v) is 4.82. The van der Waals surface area contributed by atoms with Gasteiger partial charge in [-0.05, 0) is 22.6 Å². The van der Waals surface area contributed by atoms with Crippen LogP contribution in [0.3, 0.4) is 0 Å². The molecule has 0 amide bonds. The Morgan fingerprint density at radius 2 is 2.36 bits per heavy atom. The second kappa shape index (κ2) is 4.67. The molecule has 0 spiro atoms. The van der Waals surface area contributed by atoms with Crippen molar-refractivity contribution in [1.29, 1.82) is 0 Å². The lowest BCUT2D eigenvalue weighted by atomic mass is 10.5. The minimum Gasteiger partial charge on any atom is -0.353 e. The lowest BCUT2D eigenvalue weighted by Crippen LogP contribution is -2.28. The fourth-order valence-electron chi connectivity index (χ4n) is 0.933. The Labute approximate surface area is 92.5 Å². The number of aromatic amines is 1. The second-order valence-electron chi connectivity index (χ2n) is 2.64. The maximum Gasteiger partial charge on any atom is 0.266 e. The zero-order chi connectivity index (χ0) is 10.7. The van der Waals surface area contributed by atoms with E-state index in [2.05, 4.69) is 9.97 Å². The number of anilines is 1. The van der Waals surface area contributed by atoms with Crippen LogP contribution in [0.4, 0.5) is 14.6 Å². The third-order valence-electron chi connectivity index (χ3n) is 1.55. The maximum absolute atomic E-state index is 12.0. The molecule has 78 valence electrons. The van der Waals surface area contributed by atoms with E-state index in [0.717, 1.165) is 0 Å². The summed E-state index contributed by atoms with van der Waals surface area (Å²) in [5, 5.41) is 0. The van der Waals surface area contributed by atoms with Crippen LogP contribution in [0.25, 0.3) is 0 Å². The number of hydrogen-bond acceptors (Lipinski definition) is 3. The van der Waals surface area contributed by atoms with Crippen LogP contribution in [0.15, 0.2) is 11.1 Å². The third-order valence-corrected chi connectivity index (χ3v) is 2.52. The van der Waals surface area contributed by atoms with E-state index >= 15 is 0 Å². The molecule has 0 aliphatic rings. The molecule has 7 heteroatoms. The number of rotatable bonds is 3. The summed E-state index contributed by atoms with van der Waals surface area (Å²) in [5.41, 5.74) is -0.322. The van der Waals surface area contributed by atoms with E-state index in [1.165, 1.54) is 18.3 Å². The average Bonchev–Trinajstić information content (AvgIpc) is 2.08. The lowest BCUT2D eigenvalue weighted by molar-refractivity contribution is 0.156. The standard InChI is InChI=1S/C7H8F2IN3O/c1-13(2-4(8)9)6-5(10)7(14)12-3-11-6/h3-4H,2H2,1H3,(H,11,12,14). The van der Waals surface area contributed by atoms with Crippen molar-refractivity contribution in [1.82, 2.24) is 9.97 Å². The Bertz CT molecular complexity index is 368. The smallest absolute Gasteiger partial charge is 0.266 e. The van der Waals surface area contributed by atoms with Crippen molar-refractivity contribution >= 4 is 28.4 Å². The summed E-state index contributed by atoms with van der Waals surface area (Å²) >= 11 is 1.77. The molecule has 1 aromatic heterocycles. The van der Waals surface area contributed by atoms with Crippen molar-refractivity contribution in [3.8, 4) is 0 Å². The highest BCUT2D eigenvalue weighted by atomic mass is 127. The topological polar surface area (TPSA) is 49.0 Å². The minimum absolute atomic E-state index is 0.273. The van der Waals surface area contributed by atoms with Crippen LogP contribution in [0, 0.1) is 3.57 Å². The molecule has 14 heavy (non-hydrogen) atoms. The van der Waals surface area contributed by atoms with Gasteiger partial charge in [0.15, 0.2) is 0 Å². The Morgan fingerprint density at radius 1 is 1.71 bits per heavy atom. The van der Waals surface area contributed by atoms with Crippen molar-refractivity contribution < 1.29 is 8.78 Å². The number of alkyl halides is 2. The van der Waals surface area contributed by atoms with Crippen LogP contribution in [-0.4, -0.2) is 30.0 Å². The molecular formula is C7H8F2IN3O. The lowest BCUT2D eigenvalue weighted by Gasteiger charge is -2.17. The van der Waals surface area contributed by atoms with Crippen LogP contribution in [-0.2, 0) is 0 Å². The van der Waals surface area contributed by atoms with Crippen LogP contribution < -0.4 is 10.5 Å². The number of halogens is 3. The quantitative estimate of drug-likeness (QED) is 0.849. The zero-order valence-electron chi connectivity index (χ0n) is 7.30. The van der Waals surface area contributed by atoms with E-state index in [1.807, 2.05) is 0 Å². The third kappa shape index (κ3) is 2.63. The molecule has 0 atom stereocenters. The van der Waals surface area contributed by atoms with Crippen LogP contribution >= 0.6 is 22.6 Å².